The van der Waals surface area contributed by atoms with Crippen molar-refractivity contribution >= 4 is 27.5 Å². The third-order valence-corrected chi connectivity index (χ3v) is 3.76. The van der Waals surface area contributed by atoms with Gasteiger partial charge in [-0.1, -0.05) is 35.3 Å². The Balaban J connectivity index is 2.11. The molecule has 2 aromatic carbocycles. The van der Waals surface area contributed by atoms with E-state index < -0.39 is 0 Å². The molecule has 2 rings (SSSR count). The number of amides is 1. The Morgan fingerprint density at radius 2 is 2.04 bits per heavy atom. The van der Waals surface area contributed by atoms with E-state index in [1.807, 2.05) is 30.3 Å². The molecule has 0 aliphatic rings. The van der Waals surface area contributed by atoms with E-state index in [0.29, 0.717) is 23.6 Å². The molecular formula is C18H20BrNO3. The van der Waals surface area contributed by atoms with Crippen molar-refractivity contribution in [2.75, 3.05) is 19.0 Å². The van der Waals surface area contributed by atoms with Gasteiger partial charge in [0.15, 0.2) is 0 Å². The van der Waals surface area contributed by atoms with Gasteiger partial charge in [-0.15, -0.1) is 0 Å². The maximum atomic E-state index is 12.5. The van der Waals surface area contributed by atoms with Crippen molar-refractivity contribution in [3.05, 3.63) is 52.5 Å². The van der Waals surface area contributed by atoms with Crippen molar-refractivity contribution in [1.82, 2.24) is 0 Å². The number of carbonyl (C=O) groups is 1. The van der Waals surface area contributed by atoms with Crippen molar-refractivity contribution in [2.24, 2.45) is 0 Å². The van der Waals surface area contributed by atoms with E-state index in [9.17, 15) is 4.79 Å². The van der Waals surface area contributed by atoms with Crippen LogP contribution in [0.3, 0.4) is 0 Å². The number of halogens is 1. The molecule has 1 amide bonds. The number of rotatable bonds is 7. The highest BCUT2D eigenvalue weighted by atomic mass is 79.9. The molecule has 0 aromatic heterocycles. The van der Waals surface area contributed by atoms with Crippen LogP contribution in [0.1, 0.15) is 30.1 Å². The second-order valence-electron chi connectivity index (χ2n) is 5.03. The molecule has 0 atom stereocenters. The lowest BCUT2D eigenvalue weighted by molar-refractivity contribution is 0.102. The fraction of sp³-hybridized carbons (Fsp3) is 0.278. The lowest BCUT2D eigenvalue weighted by atomic mass is 10.2. The third kappa shape index (κ3) is 4.99. The van der Waals surface area contributed by atoms with E-state index in [1.54, 1.807) is 19.2 Å². The topological polar surface area (TPSA) is 47.6 Å². The van der Waals surface area contributed by atoms with E-state index in [-0.39, 0.29) is 5.91 Å². The summed E-state index contributed by atoms with van der Waals surface area (Å²) in [7, 11) is 1.54. The molecule has 0 saturated carbocycles. The number of ether oxygens (including phenoxy) is 2. The summed E-state index contributed by atoms with van der Waals surface area (Å²) in [5.74, 6) is 1.05. The highest BCUT2D eigenvalue weighted by Crippen LogP contribution is 2.25. The molecule has 0 radical (unpaired) electrons. The zero-order chi connectivity index (χ0) is 16.7. The van der Waals surface area contributed by atoms with Crippen LogP contribution in [0.15, 0.2) is 46.9 Å². The van der Waals surface area contributed by atoms with Crippen LogP contribution in [-0.2, 0) is 0 Å². The van der Waals surface area contributed by atoms with E-state index in [1.165, 1.54) is 0 Å². The minimum atomic E-state index is -0.228. The molecule has 5 heteroatoms. The number of unbranched alkanes of at least 4 members (excludes halogenated alkanes) is 1. The van der Waals surface area contributed by atoms with Crippen LogP contribution < -0.4 is 14.8 Å². The Morgan fingerprint density at radius 3 is 2.78 bits per heavy atom. The molecule has 0 unspecified atom stereocenters. The smallest absolute Gasteiger partial charge is 0.259 e. The molecule has 0 bridgehead atoms. The maximum Gasteiger partial charge on any atom is 0.259 e. The van der Waals surface area contributed by atoms with Gasteiger partial charge in [0.1, 0.15) is 11.5 Å². The zero-order valence-corrected chi connectivity index (χ0v) is 14.9. The summed E-state index contributed by atoms with van der Waals surface area (Å²) in [4.78, 5) is 12.5. The number of nitrogens with one attached hydrogen (secondary N) is 1. The Kier molecular flexibility index (Phi) is 6.47. The first-order chi connectivity index (χ1) is 11.1. The molecular weight excluding hydrogens is 358 g/mol. The standard InChI is InChI=1S/C18H20BrNO3/c1-3-4-10-23-15-7-5-6-14(12-15)20-18(21)16-11-13(19)8-9-17(16)22-2/h5-9,11-12H,3-4,10H2,1-2H3,(H,20,21). The predicted octanol–water partition coefficient (Wildman–Crippen LogP) is 4.89. The number of anilines is 1. The first kappa shape index (κ1) is 17.3. The molecule has 0 aliphatic carbocycles. The molecule has 0 aliphatic heterocycles. The van der Waals surface area contributed by atoms with Gasteiger partial charge in [0, 0.05) is 16.2 Å². The molecule has 122 valence electrons. The van der Waals surface area contributed by atoms with Gasteiger partial charge in [-0.25, -0.2) is 0 Å². The van der Waals surface area contributed by atoms with Crippen molar-refractivity contribution in [3.8, 4) is 11.5 Å². The van der Waals surface area contributed by atoms with Gasteiger partial charge in [-0.2, -0.15) is 0 Å². The largest absolute Gasteiger partial charge is 0.496 e. The molecule has 4 nitrogen and oxygen atoms in total. The number of methoxy groups -OCH3 is 1. The lowest BCUT2D eigenvalue weighted by Gasteiger charge is -2.11. The summed E-state index contributed by atoms with van der Waals surface area (Å²) in [6, 6.07) is 12.7. The molecule has 23 heavy (non-hydrogen) atoms. The molecule has 0 fully saturated rings. The van der Waals surface area contributed by atoms with Gasteiger partial charge in [-0.3, -0.25) is 4.79 Å². The first-order valence-electron chi connectivity index (χ1n) is 7.51. The number of hydrogen-bond donors (Lipinski definition) is 1. The van der Waals surface area contributed by atoms with Gasteiger partial charge in [0.2, 0.25) is 0 Å². The first-order valence-corrected chi connectivity index (χ1v) is 8.31. The van der Waals surface area contributed by atoms with Gasteiger partial charge < -0.3 is 14.8 Å². The second kappa shape index (κ2) is 8.58. The maximum absolute atomic E-state index is 12.5. The van der Waals surface area contributed by atoms with Crippen LogP contribution in [0, 0.1) is 0 Å². The quantitative estimate of drug-likeness (QED) is 0.698. The fourth-order valence-corrected chi connectivity index (χ4v) is 2.42. The van der Waals surface area contributed by atoms with Crippen LogP contribution in [0.2, 0.25) is 0 Å². The van der Waals surface area contributed by atoms with Crippen LogP contribution in [0.25, 0.3) is 0 Å². The van der Waals surface area contributed by atoms with Crippen LogP contribution >= 0.6 is 15.9 Å². The summed E-state index contributed by atoms with van der Waals surface area (Å²) < 4.78 is 11.7. The average molecular weight is 378 g/mol. The Bertz CT molecular complexity index is 673. The highest BCUT2D eigenvalue weighted by molar-refractivity contribution is 9.10. The normalized spacial score (nSPS) is 10.2. The summed E-state index contributed by atoms with van der Waals surface area (Å²) >= 11 is 3.37. The highest BCUT2D eigenvalue weighted by Gasteiger charge is 2.13. The summed E-state index contributed by atoms with van der Waals surface area (Å²) in [6.07, 6.45) is 2.09. The number of benzene rings is 2. The van der Waals surface area contributed by atoms with E-state index in [2.05, 4.69) is 28.2 Å². The van der Waals surface area contributed by atoms with Gasteiger partial charge >= 0.3 is 0 Å². The van der Waals surface area contributed by atoms with E-state index in [0.717, 1.165) is 23.1 Å². The van der Waals surface area contributed by atoms with Crippen LogP contribution in [0.5, 0.6) is 11.5 Å². The van der Waals surface area contributed by atoms with Crippen molar-refractivity contribution in [3.63, 3.8) is 0 Å². The minimum absolute atomic E-state index is 0.228. The van der Waals surface area contributed by atoms with Crippen LogP contribution in [-0.4, -0.2) is 19.6 Å². The third-order valence-electron chi connectivity index (χ3n) is 3.26. The molecule has 0 spiro atoms. The van der Waals surface area contributed by atoms with Crippen molar-refractivity contribution in [2.45, 2.75) is 19.8 Å². The lowest BCUT2D eigenvalue weighted by Crippen LogP contribution is -2.13. The van der Waals surface area contributed by atoms with Gasteiger partial charge in [-0.05, 0) is 36.8 Å². The Hall–Kier alpha value is -2.01. The van der Waals surface area contributed by atoms with Crippen LogP contribution in [0.4, 0.5) is 5.69 Å². The molecule has 0 heterocycles. The predicted molar refractivity (Wildman–Crippen MR) is 95.5 cm³/mol. The molecule has 2 aromatic rings. The summed E-state index contributed by atoms with van der Waals surface area (Å²) in [6.45, 7) is 2.79. The zero-order valence-electron chi connectivity index (χ0n) is 13.3. The average Bonchev–Trinajstić information content (AvgIpc) is 2.55. The van der Waals surface area contributed by atoms with Crippen molar-refractivity contribution in [1.29, 1.82) is 0 Å². The van der Waals surface area contributed by atoms with Gasteiger partial charge in [0.25, 0.3) is 5.91 Å². The Labute approximate surface area is 144 Å². The fourth-order valence-electron chi connectivity index (χ4n) is 2.05. The van der Waals surface area contributed by atoms with E-state index >= 15 is 0 Å². The minimum Gasteiger partial charge on any atom is -0.496 e. The molecule has 0 saturated heterocycles. The Morgan fingerprint density at radius 1 is 1.22 bits per heavy atom. The monoisotopic (exact) mass is 377 g/mol. The molecule has 1 N–H and O–H groups in total. The number of hydrogen-bond acceptors (Lipinski definition) is 3. The van der Waals surface area contributed by atoms with Gasteiger partial charge in [0.05, 0.1) is 19.3 Å². The second-order valence-corrected chi connectivity index (χ2v) is 5.94. The summed E-state index contributed by atoms with van der Waals surface area (Å²) in [5, 5.41) is 2.87. The number of carbonyl (C=O) groups excluding carboxylic acids is 1. The van der Waals surface area contributed by atoms with E-state index in [4.69, 9.17) is 9.47 Å². The summed E-state index contributed by atoms with van der Waals surface area (Å²) in [5.41, 5.74) is 1.16. The van der Waals surface area contributed by atoms with Crippen molar-refractivity contribution < 1.29 is 14.3 Å². The SMILES string of the molecule is CCCCOc1cccc(NC(=O)c2cc(Br)ccc2OC)c1.